The number of benzene rings is 1. The molecule has 0 amide bonds. The van der Waals surface area contributed by atoms with E-state index in [1.165, 1.54) is 44.2 Å². The minimum atomic E-state index is -0.181. The van der Waals surface area contributed by atoms with Crippen molar-refractivity contribution in [1.29, 1.82) is 0 Å². The smallest absolute Gasteiger partial charge is 0.123 e. The van der Waals surface area contributed by atoms with Gasteiger partial charge in [-0.3, -0.25) is 11.3 Å². The quantitative estimate of drug-likeness (QED) is 0.636. The van der Waals surface area contributed by atoms with E-state index in [0.29, 0.717) is 0 Å². The summed E-state index contributed by atoms with van der Waals surface area (Å²) in [6, 6.07) is 7.01. The average Bonchev–Trinajstić information content (AvgIpc) is 2.38. The molecule has 0 spiro atoms. The van der Waals surface area contributed by atoms with Gasteiger partial charge in [-0.1, -0.05) is 38.3 Å². The largest absolute Gasteiger partial charge is 0.271 e. The van der Waals surface area contributed by atoms with Gasteiger partial charge in [0.1, 0.15) is 5.82 Å². The monoisotopic (exact) mass is 250 g/mol. The molecule has 0 saturated heterocycles. The number of hydrazine groups is 1. The summed E-state index contributed by atoms with van der Waals surface area (Å²) < 4.78 is 12.9. The van der Waals surface area contributed by atoms with Crippen LogP contribution in [-0.4, -0.2) is 6.04 Å². The van der Waals surface area contributed by atoms with E-state index in [2.05, 4.69) is 12.3 Å². The van der Waals surface area contributed by atoms with Gasteiger partial charge in [0.2, 0.25) is 0 Å². The van der Waals surface area contributed by atoms with E-state index in [0.717, 1.165) is 12.0 Å². The molecule has 1 saturated carbocycles. The lowest BCUT2D eigenvalue weighted by atomic mass is 9.69. The van der Waals surface area contributed by atoms with E-state index in [-0.39, 0.29) is 17.3 Å². The predicted molar refractivity (Wildman–Crippen MR) is 72.4 cm³/mol. The third-order valence-electron chi connectivity index (χ3n) is 4.39. The maximum absolute atomic E-state index is 12.9. The molecule has 0 aromatic heterocycles. The van der Waals surface area contributed by atoms with Crippen molar-refractivity contribution < 1.29 is 4.39 Å². The van der Waals surface area contributed by atoms with Crippen LogP contribution in [0.5, 0.6) is 0 Å². The summed E-state index contributed by atoms with van der Waals surface area (Å²) in [6.45, 7) is 2.32. The minimum absolute atomic E-state index is 0.181. The maximum atomic E-state index is 12.9. The normalized spacial score (nSPS) is 20.6. The van der Waals surface area contributed by atoms with E-state index in [1.54, 1.807) is 0 Å². The lowest BCUT2D eigenvalue weighted by Gasteiger charge is -2.40. The molecule has 2 nitrogen and oxygen atoms in total. The van der Waals surface area contributed by atoms with Crippen LogP contribution in [0.15, 0.2) is 24.3 Å². The molecule has 3 heteroatoms. The fraction of sp³-hybridized carbons (Fsp3) is 0.600. The summed E-state index contributed by atoms with van der Waals surface area (Å²) in [4.78, 5) is 0. The topological polar surface area (TPSA) is 38.0 Å². The first kappa shape index (κ1) is 13.5. The summed E-state index contributed by atoms with van der Waals surface area (Å²) in [5, 5.41) is 0. The summed E-state index contributed by atoms with van der Waals surface area (Å²) >= 11 is 0. The van der Waals surface area contributed by atoms with E-state index in [9.17, 15) is 4.39 Å². The van der Waals surface area contributed by atoms with Crippen molar-refractivity contribution in [3.8, 4) is 0 Å². The van der Waals surface area contributed by atoms with Crippen molar-refractivity contribution in [3.05, 3.63) is 35.6 Å². The molecule has 100 valence electrons. The lowest BCUT2D eigenvalue weighted by molar-refractivity contribution is 0.144. The molecular formula is C15H23FN2. The van der Waals surface area contributed by atoms with Gasteiger partial charge in [0.15, 0.2) is 0 Å². The number of nitrogens with two attached hydrogens (primary N) is 1. The zero-order valence-corrected chi connectivity index (χ0v) is 11.1. The van der Waals surface area contributed by atoms with Gasteiger partial charge in [-0.2, -0.15) is 0 Å². The van der Waals surface area contributed by atoms with Gasteiger partial charge < -0.3 is 0 Å². The Morgan fingerprint density at radius 3 is 2.39 bits per heavy atom. The van der Waals surface area contributed by atoms with E-state index >= 15 is 0 Å². The molecule has 0 bridgehead atoms. The average molecular weight is 250 g/mol. The van der Waals surface area contributed by atoms with Gasteiger partial charge in [0, 0.05) is 6.04 Å². The SMILES string of the molecule is CC1(C(Cc2ccc(F)cc2)NN)CCCCC1. The van der Waals surface area contributed by atoms with Crippen molar-refractivity contribution >= 4 is 0 Å². The standard InChI is InChI=1S/C15H23FN2/c1-15(9-3-2-4-10-15)14(18-17)11-12-5-7-13(16)8-6-12/h5-8,14,18H,2-4,9-11,17H2,1H3. The van der Waals surface area contributed by atoms with Gasteiger partial charge in [0.25, 0.3) is 0 Å². The number of hydrogen-bond acceptors (Lipinski definition) is 2. The number of rotatable bonds is 4. The molecule has 0 aliphatic heterocycles. The Morgan fingerprint density at radius 2 is 1.83 bits per heavy atom. The summed E-state index contributed by atoms with van der Waals surface area (Å²) in [5.74, 6) is 5.56. The van der Waals surface area contributed by atoms with Crippen LogP contribution in [0, 0.1) is 11.2 Å². The Morgan fingerprint density at radius 1 is 1.22 bits per heavy atom. The van der Waals surface area contributed by atoms with Crippen LogP contribution in [0.2, 0.25) is 0 Å². The Bertz CT molecular complexity index is 369. The molecule has 1 fully saturated rings. The van der Waals surface area contributed by atoms with Crippen LogP contribution in [-0.2, 0) is 6.42 Å². The van der Waals surface area contributed by atoms with Crippen molar-refractivity contribution in [3.63, 3.8) is 0 Å². The molecule has 0 heterocycles. The second-order valence-electron chi connectivity index (χ2n) is 5.76. The third kappa shape index (κ3) is 3.09. The minimum Gasteiger partial charge on any atom is -0.271 e. The first-order chi connectivity index (χ1) is 8.64. The Balaban J connectivity index is 2.06. The molecule has 1 unspecified atom stereocenters. The Kier molecular flexibility index (Phi) is 4.36. The molecule has 0 radical (unpaired) electrons. The fourth-order valence-corrected chi connectivity index (χ4v) is 3.07. The highest BCUT2D eigenvalue weighted by atomic mass is 19.1. The van der Waals surface area contributed by atoms with E-state index < -0.39 is 0 Å². The molecule has 1 aliphatic rings. The van der Waals surface area contributed by atoms with Crippen LogP contribution < -0.4 is 11.3 Å². The summed E-state index contributed by atoms with van der Waals surface area (Å²) in [6.07, 6.45) is 7.24. The second kappa shape index (κ2) is 5.81. The second-order valence-corrected chi connectivity index (χ2v) is 5.76. The van der Waals surface area contributed by atoms with Crippen LogP contribution >= 0.6 is 0 Å². The van der Waals surface area contributed by atoms with Crippen LogP contribution in [0.4, 0.5) is 4.39 Å². The van der Waals surface area contributed by atoms with Crippen LogP contribution in [0.1, 0.15) is 44.6 Å². The Hall–Kier alpha value is -0.930. The first-order valence-electron chi connectivity index (χ1n) is 6.85. The fourth-order valence-electron chi connectivity index (χ4n) is 3.07. The van der Waals surface area contributed by atoms with Gasteiger partial charge in [0.05, 0.1) is 0 Å². The lowest BCUT2D eigenvalue weighted by Crippen LogP contribution is -2.49. The van der Waals surface area contributed by atoms with E-state index in [1.807, 2.05) is 12.1 Å². The number of halogens is 1. The van der Waals surface area contributed by atoms with Gasteiger partial charge in [-0.25, -0.2) is 4.39 Å². The highest BCUT2D eigenvalue weighted by Gasteiger charge is 2.34. The number of hydrogen-bond donors (Lipinski definition) is 2. The highest BCUT2D eigenvalue weighted by molar-refractivity contribution is 5.18. The molecule has 1 atom stereocenters. The van der Waals surface area contributed by atoms with Crippen LogP contribution in [0.25, 0.3) is 0 Å². The third-order valence-corrected chi connectivity index (χ3v) is 4.39. The van der Waals surface area contributed by atoms with Crippen molar-refractivity contribution in [2.75, 3.05) is 0 Å². The highest BCUT2D eigenvalue weighted by Crippen LogP contribution is 2.39. The molecule has 1 aliphatic carbocycles. The molecule has 1 aromatic carbocycles. The van der Waals surface area contributed by atoms with E-state index in [4.69, 9.17) is 5.84 Å². The summed E-state index contributed by atoms with van der Waals surface area (Å²) in [7, 11) is 0. The van der Waals surface area contributed by atoms with Gasteiger partial charge in [-0.05, 0) is 42.4 Å². The van der Waals surface area contributed by atoms with Gasteiger partial charge in [-0.15, -0.1) is 0 Å². The summed E-state index contributed by atoms with van der Waals surface area (Å²) in [5.41, 5.74) is 4.39. The number of nitrogens with one attached hydrogen (secondary N) is 1. The van der Waals surface area contributed by atoms with Gasteiger partial charge >= 0.3 is 0 Å². The zero-order chi connectivity index (χ0) is 13.0. The first-order valence-corrected chi connectivity index (χ1v) is 6.85. The molecule has 1 aromatic rings. The Labute approximate surface area is 109 Å². The van der Waals surface area contributed by atoms with Crippen molar-refractivity contribution in [2.24, 2.45) is 11.3 Å². The molecule has 18 heavy (non-hydrogen) atoms. The zero-order valence-electron chi connectivity index (χ0n) is 11.1. The predicted octanol–water partition coefficient (Wildman–Crippen LogP) is 3.17. The van der Waals surface area contributed by atoms with Crippen LogP contribution in [0.3, 0.4) is 0 Å². The molecular weight excluding hydrogens is 227 g/mol. The van der Waals surface area contributed by atoms with Crippen molar-refractivity contribution in [2.45, 2.75) is 51.5 Å². The molecule has 3 N–H and O–H groups in total. The maximum Gasteiger partial charge on any atom is 0.123 e. The van der Waals surface area contributed by atoms with Crippen molar-refractivity contribution in [1.82, 2.24) is 5.43 Å². The molecule has 2 rings (SSSR count).